The molecule has 0 radical (unpaired) electrons. The lowest BCUT2D eigenvalue weighted by atomic mass is 10.1. The van der Waals surface area contributed by atoms with Crippen LogP contribution in [0.1, 0.15) is 12.0 Å². The first-order valence-electron chi connectivity index (χ1n) is 7.66. The first kappa shape index (κ1) is 16.2. The SMILES string of the molecule is C=CC(=O)NC[C@@H]1CN(c2ccc(C(F)F)cc2)c2ccnn2C1. The van der Waals surface area contributed by atoms with Gasteiger partial charge in [-0.15, -0.1) is 0 Å². The summed E-state index contributed by atoms with van der Waals surface area (Å²) in [6, 6.07) is 8.13. The van der Waals surface area contributed by atoms with E-state index in [9.17, 15) is 13.6 Å². The molecular weight excluding hydrogens is 314 g/mol. The third-order valence-corrected chi connectivity index (χ3v) is 4.05. The number of nitrogens with zero attached hydrogens (tertiary/aromatic N) is 3. The molecule has 0 bridgehead atoms. The Labute approximate surface area is 138 Å². The van der Waals surface area contributed by atoms with Gasteiger partial charge in [0.1, 0.15) is 5.82 Å². The maximum Gasteiger partial charge on any atom is 0.263 e. The van der Waals surface area contributed by atoms with Crippen molar-refractivity contribution in [3.8, 4) is 0 Å². The number of rotatable bonds is 5. The first-order chi connectivity index (χ1) is 11.6. The van der Waals surface area contributed by atoms with E-state index in [1.165, 1.54) is 18.2 Å². The van der Waals surface area contributed by atoms with E-state index in [0.29, 0.717) is 19.6 Å². The van der Waals surface area contributed by atoms with Crippen molar-refractivity contribution in [2.45, 2.75) is 13.0 Å². The highest BCUT2D eigenvalue weighted by molar-refractivity contribution is 5.86. The second kappa shape index (κ2) is 6.82. The summed E-state index contributed by atoms with van der Waals surface area (Å²) < 4.78 is 27.3. The molecule has 0 fully saturated rings. The van der Waals surface area contributed by atoms with Crippen LogP contribution in [0.3, 0.4) is 0 Å². The van der Waals surface area contributed by atoms with Crippen LogP contribution in [0, 0.1) is 5.92 Å². The van der Waals surface area contributed by atoms with E-state index < -0.39 is 6.43 Å². The number of fused-ring (bicyclic) bond motifs is 1. The van der Waals surface area contributed by atoms with Crippen LogP contribution in [-0.2, 0) is 11.3 Å². The fraction of sp³-hybridized carbons (Fsp3) is 0.294. The summed E-state index contributed by atoms with van der Waals surface area (Å²) in [7, 11) is 0. The summed E-state index contributed by atoms with van der Waals surface area (Å²) in [5, 5.41) is 7.10. The van der Waals surface area contributed by atoms with Crippen LogP contribution < -0.4 is 10.2 Å². The molecule has 1 aliphatic rings. The number of amides is 1. The molecule has 7 heteroatoms. The number of halogens is 2. The summed E-state index contributed by atoms with van der Waals surface area (Å²) in [6.07, 6.45) is 0.469. The van der Waals surface area contributed by atoms with Gasteiger partial charge in [0.2, 0.25) is 5.91 Å². The highest BCUT2D eigenvalue weighted by Crippen LogP contribution is 2.31. The van der Waals surface area contributed by atoms with Gasteiger partial charge in [0.05, 0.1) is 6.20 Å². The predicted octanol–water partition coefficient (Wildman–Crippen LogP) is 2.89. The topological polar surface area (TPSA) is 50.2 Å². The fourth-order valence-corrected chi connectivity index (χ4v) is 2.83. The van der Waals surface area contributed by atoms with Crippen LogP contribution in [0.2, 0.25) is 0 Å². The molecule has 1 aromatic heterocycles. The second-order valence-electron chi connectivity index (χ2n) is 5.69. The van der Waals surface area contributed by atoms with E-state index in [1.54, 1.807) is 18.3 Å². The third-order valence-electron chi connectivity index (χ3n) is 4.05. The zero-order valence-electron chi connectivity index (χ0n) is 13.0. The van der Waals surface area contributed by atoms with E-state index in [-0.39, 0.29) is 17.4 Å². The summed E-state index contributed by atoms with van der Waals surface area (Å²) in [4.78, 5) is 13.4. The summed E-state index contributed by atoms with van der Waals surface area (Å²) >= 11 is 0. The van der Waals surface area contributed by atoms with Gasteiger partial charge in [-0.1, -0.05) is 18.7 Å². The van der Waals surface area contributed by atoms with E-state index in [0.717, 1.165) is 11.5 Å². The molecule has 2 heterocycles. The van der Waals surface area contributed by atoms with Gasteiger partial charge in [-0.2, -0.15) is 5.10 Å². The first-order valence-corrected chi connectivity index (χ1v) is 7.66. The molecule has 0 unspecified atom stereocenters. The maximum atomic E-state index is 12.7. The van der Waals surface area contributed by atoms with Crippen molar-refractivity contribution in [3.05, 3.63) is 54.7 Å². The Kier molecular flexibility index (Phi) is 4.59. The number of nitrogens with one attached hydrogen (secondary N) is 1. The van der Waals surface area contributed by atoms with Crippen molar-refractivity contribution in [2.75, 3.05) is 18.0 Å². The molecule has 1 atom stereocenters. The minimum absolute atomic E-state index is 0.000867. The highest BCUT2D eigenvalue weighted by atomic mass is 19.3. The molecule has 3 rings (SSSR count). The summed E-state index contributed by atoms with van der Waals surface area (Å²) in [5.41, 5.74) is 0.819. The predicted molar refractivity (Wildman–Crippen MR) is 87.3 cm³/mol. The second-order valence-corrected chi connectivity index (χ2v) is 5.69. The van der Waals surface area contributed by atoms with Crippen LogP contribution in [0.4, 0.5) is 20.3 Å². The lowest BCUT2D eigenvalue weighted by molar-refractivity contribution is -0.116. The lowest BCUT2D eigenvalue weighted by Crippen LogP contribution is -2.41. The van der Waals surface area contributed by atoms with Crippen molar-refractivity contribution >= 4 is 17.4 Å². The van der Waals surface area contributed by atoms with Crippen molar-refractivity contribution in [1.82, 2.24) is 15.1 Å². The smallest absolute Gasteiger partial charge is 0.263 e. The lowest BCUT2D eigenvalue weighted by Gasteiger charge is -2.35. The van der Waals surface area contributed by atoms with Crippen LogP contribution in [-0.4, -0.2) is 28.8 Å². The Morgan fingerprint density at radius 2 is 2.08 bits per heavy atom. The number of hydrogen-bond donors (Lipinski definition) is 1. The van der Waals surface area contributed by atoms with E-state index >= 15 is 0 Å². The maximum absolute atomic E-state index is 12.7. The Morgan fingerprint density at radius 3 is 2.75 bits per heavy atom. The Bertz CT molecular complexity index is 726. The number of alkyl halides is 2. The zero-order valence-corrected chi connectivity index (χ0v) is 13.0. The van der Waals surface area contributed by atoms with Gasteiger partial charge >= 0.3 is 0 Å². The van der Waals surface area contributed by atoms with Gasteiger partial charge in [-0.3, -0.25) is 4.79 Å². The molecule has 1 N–H and O–H groups in total. The molecule has 5 nitrogen and oxygen atoms in total. The van der Waals surface area contributed by atoms with Gasteiger partial charge in [0.15, 0.2) is 0 Å². The van der Waals surface area contributed by atoms with E-state index in [2.05, 4.69) is 17.0 Å². The van der Waals surface area contributed by atoms with Crippen molar-refractivity contribution in [1.29, 1.82) is 0 Å². The molecule has 126 valence electrons. The molecule has 0 saturated heterocycles. The van der Waals surface area contributed by atoms with Crippen molar-refractivity contribution in [3.63, 3.8) is 0 Å². The van der Waals surface area contributed by atoms with Gasteiger partial charge in [-0.25, -0.2) is 13.5 Å². The number of aromatic nitrogens is 2. The molecule has 0 saturated carbocycles. The molecule has 2 aromatic rings. The average molecular weight is 332 g/mol. The van der Waals surface area contributed by atoms with Crippen LogP contribution in [0.15, 0.2) is 49.2 Å². The Morgan fingerprint density at radius 1 is 1.33 bits per heavy atom. The molecule has 0 aliphatic carbocycles. The number of anilines is 2. The van der Waals surface area contributed by atoms with Crippen molar-refractivity contribution < 1.29 is 13.6 Å². The summed E-state index contributed by atoms with van der Waals surface area (Å²) in [5.74, 6) is 0.844. The van der Waals surface area contributed by atoms with Crippen LogP contribution in [0.25, 0.3) is 0 Å². The molecule has 1 aliphatic heterocycles. The monoisotopic (exact) mass is 332 g/mol. The van der Waals surface area contributed by atoms with Gasteiger partial charge in [0.25, 0.3) is 6.43 Å². The number of hydrogen-bond acceptors (Lipinski definition) is 3. The zero-order chi connectivity index (χ0) is 17.1. The standard InChI is InChI=1S/C17H18F2N4O/c1-2-15(24)20-9-12-10-22(16-7-8-21-23(16)11-12)14-5-3-13(4-6-14)17(18)19/h2-8,12,17H,1,9-11H2,(H,20,24)/t12-/m1/s1. The van der Waals surface area contributed by atoms with Gasteiger partial charge < -0.3 is 10.2 Å². The average Bonchev–Trinajstić information content (AvgIpc) is 3.07. The largest absolute Gasteiger partial charge is 0.352 e. The molecule has 1 aromatic carbocycles. The molecule has 1 amide bonds. The van der Waals surface area contributed by atoms with Crippen LogP contribution >= 0.6 is 0 Å². The summed E-state index contributed by atoms with van der Waals surface area (Å²) in [6.45, 7) is 5.28. The molecule has 24 heavy (non-hydrogen) atoms. The number of carbonyl (C=O) groups excluding carboxylic acids is 1. The minimum atomic E-state index is -2.48. The Balaban J connectivity index is 1.81. The highest BCUT2D eigenvalue weighted by Gasteiger charge is 2.26. The third kappa shape index (κ3) is 3.29. The number of carbonyl (C=O) groups is 1. The van der Waals surface area contributed by atoms with Gasteiger partial charge in [0, 0.05) is 42.9 Å². The van der Waals surface area contributed by atoms with Gasteiger partial charge in [-0.05, 0) is 18.2 Å². The number of benzene rings is 1. The minimum Gasteiger partial charge on any atom is -0.352 e. The van der Waals surface area contributed by atoms with E-state index in [1.807, 2.05) is 15.6 Å². The normalized spacial score (nSPS) is 16.8. The quantitative estimate of drug-likeness (QED) is 0.857. The fourth-order valence-electron chi connectivity index (χ4n) is 2.83. The van der Waals surface area contributed by atoms with Crippen LogP contribution in [0.5, 0.6) is 0 Å². The molecular formula is C17H18F2N4O. The molecule has 0 spiro atoms. The Hall–Kier alpha value is -2.70. The van der Waals surface area contributed by atoms with Crippen molar-refractivity contribution in [2.24, 2.45) is 5.92 Å². The van der Waals surface area contributed by atoms with E-state index in [4.69, 9.17) is 0 Å².